The Labute approximate surface area is 140 Å². The predicted octanol–water partition coefficient (Wildman–Crippen LogP) is 1.50. The van der Waals surface area contributed by atoms with E-state index in [0.29, 0.717) is 5.69 Å². The molecule has 24 heavy (non-hydrogen) atoms. The standard InChI is InChI=1S/C17H21FN4O2/c1-17(11-19,12-3-4-12)21-16(24)10-22(2)9-15(23)20-14-7-5-13(18)6-8-14/h5-8,12H,3-4,9-10H2,1-2H3,(H,20,23)(H,21,24). The molecule has 0 spiro atoms. The second kappa shape index (κ2) is 7.41. The lowest BCUT2D eigenvalue weighted by Gasteiger charge is -2.24. The van der Waals surface area contributed by atoms with Crippen LogP contribution in [0.5, 0.6) is 0 Å². The summed E-state index contributed by atoms with van der Waals surface area (Å²) in [5.41, 5.74) is -0.348. The van der Waals surface area contributed by atoms with Gasteiger partial charge in [0, 0.05) is 5.69 Å². The zero-order chi connectivity index (χ0) is 17.7. The molecular formula is C17H21FN4O2. The van der Waals surface area contributed by atoms with Gasteiger partial charge in [-0.15, -0.1) is 0 Å². The molecule has 1 aromatic carbocycles. The number of amides is 2. The summed E-state index contributed by atoms with van der Waals surface area (Å²) in [6.45, 7) is 1.75. The smallest absolute Gasteiger partial charge is 0.238 e. The summed E-state index contributed by atoms with van der Waals surface area (Å²) in [6.07, 6.45) is 1.89. The SMILES string of the molecule is CN(CC(=O)Nc1ccc(F)cc1)CC(=O)NC(C)(C#N)C1CC1. The number of nitrogens with zero attached hydrogens (tertiary/aromatic N) is 2. The first kappa shape index (κ1) is 17.9. The quantitative estimate of drug-likeness (QED) is 0.792. The van der Waals surface area contributed by atoms with Crippen LogP contribution in [0.1, 0.15) is 19.8 Å². The third-order valence-corrected chi connectivity index (χ3v) is 3.98. The van der Waals surface area contributed by atoms with Gasteiger partial charge in [0.1, 0.15) is 11.4 Å². The van der Waals surface area contributed by atoms with E-state index in [2.05, 4.69) is 16.7 Å². The van der Waals surface area contributed by atoms with Crippen LogP contribution in [0.4, 0.5) is 10.1 Å². The number of anilines is 1. The topological polar surface area (TPSA) is 85.2 Å². The molecular weight excluding hydrogens is 311 g/mol. The Hall–Kier alpha value is -2.46. The highest BCUT2D eigenvalue weighted by atomic mass is 19.1. The van der Waals surface area contributed by atoms with Gasteiger partial charge in [0.15, 0.2) is 0 Å². The Bertz CT molecular complexity index is 652. The van der Waals surface area contributed by atoms with E-state index in [4.69, 9.17) is 0 Å². The highest BCUT2D eigenvalue weighted by Crippen LogP contribution is 2.39. The molecule has 6 nitrogen and oxygen atoms in total. The number of likely N-dealkylation sites (N-methyl/N-ethyl adjacent to an activating group) is 1. The number of nitriles is 1. The van der Waals surface area contributed by atoms with Crippen molar-refractivity contribution in [1.29, 1.82) is 5.26 Å². The molecule has 2 N–H and O–H groups in total. The lowest BCUT2D eigenvalue weighted by atomic mass is 9.98. The average molecular weight is 332 g/mol. The van der Waals surface area contributed by atoms with E-state index in [9.17, 15) is 19.2 Å². The fraction of sp³-hybridized carbons (Fsp3) is 0.471. The van der Waals surface area contributed by atoms with Gasteiger partial charge in [-0.25, -0.2) is 4.39 Å². The highest BCUT2D eigenvalue weighted by Gasteiger charge is 2.43. The van der Waals surface area contributed by atoms with Crippen molar-refractivity contribution in [3.8, 4) is 6.07 Å². The minimum atomic E-state index is -0.839. The third kappa shape index (κ3) is 5.03. The summed E-state index contributed by atoms with van der Waals surface area (Å²) in [5.74, 6) is -0.762. The number of benzene rings is 1. The summed E-state index contributed by atoms with van der Waals surface area (Å²) >= 11 is 0. The van der Waals surface area contributed by atoms with Crippen LogP contribution >= 0.6 is 0 Å². The van der Waals surface area contributed by atoms with Crippen LogP contribution in [0.25, 0.3) is 0 Å². The lowest BCUT2D eigenvalue weighted by Crippen LogP contribution is -2.50. The largest absolute Gasteiger partial charge is 0.337 e. The van der Waals surface area contributed by atoms with Gasteiger partial charge in [0.2, 0.25) is 11.8 Å². The van der Waals surface area contributed by atoms with E-state index in [0.717, 1.165) is 12.8 Å². The molecule has 0 bridgehead atoms. The molecule has 0 heterocycles. The zero-order valence-electron chi connectivity index (χ0n) is 13.8. The van der Waals surface area contributed by atoms with Crippen molar-refractivity contribution in [1.82, 2.24) is 10.2 Å². The maximum Gasteiger partial charge on any atom is 0.238 e. The van der Waals surface area contributed by atoms with E-state index in [1.165, 1.54) is 24.3 Å². The molecule has 7 heteroatoms. The maximum absolute atomic E-state index is 12.8. The van der Waals surface area contributed by atoms with Gasteiger partial charge in [-0.05, 0) is 57.0 Å². The van der Waals surface area contributed by atoms with Gasteiger partial charge in [0.05, 0.1) is 19.2 Å². The molecule has 1 aliphatic carbocycles. The van der Waals surface area contributed by atoms with E-state index in [1.54, 1.807) is 18.9 Å². The number of carbonyl (C=O) groups excluding carboxylic acids is 2. The maximum atomic E-state index is 12.8. The Morgan fingerprint density at radius 3 is 2.42 bits per heavy atom. The molecule has 0 radical (unpaired) electrons. The minimum absolute atomic E-state index is 0.0114. The molecule has 0 aromatic heterocycles. The number of rotatable bonds is 7. The normalized spacial score (nSPS) is 16.1. The van der Waals surface area contributed by atoms with Crippen molar-refractivity contribution in [2.24, 2.45) is 5.92 Å². The summed E-state index contributed by atoms with van der Waals surface area (Å²) in [7, 11) is 1.64. The van der Waals surface area contributed by atoms with Gasteiger partial charge in [-0.2, -0.15) is 5.26 Å². The number of halogens is 1. The van der Waals surface area contributed by atoms with Crippen LogP contribution in [0.2, 0.25) is 0 Å². The van der Waals surface area contributed by atoms with Gasteiger partial charge in [0.25, 0.3) is 0 Å². The van der Waals surface area contributed by atoms with Crippen LogP contribution < -0.4 is 10.6 Å². The van der Waals surface area contributed by atoms with E-state index >= 15 is 0 Å². The number of hydrogen-bond acceptors (Lipinski definition) is 4. The second-order valence-corrected chi connectivity index (χ2v) is 6.36. The molecule has 2 rings (SSSR count). The van der Waals surface area contributed by atoms with Crippen molar-refractivity contribution >= 4 is 17.5 Å². The molecule has 2 amide bonds. The fourth-order valence-electron chi connectivity index (χ4n) is 2.49. The van der Waals surface area contributed by atoms with Crippen LogP contribution in [0.15, 0.2) is 24.3 Å². The first-order valence-corrected chi connectivity index (χ1v) is 7.78. The van der Waals surface area contributed by atoms with Crippen molar-refractivity contribution < 1.29 is 14.0 Å². The molecule has 1 unspecified atom stereocenters. The number of nitrogens with one attached hydrogen (secondary N) is 2. The molecule has 128 valence electrons. The fourth-order valence-corrected chi connectivity index (χ4v) is 2.49. The Morgan fingerprint density at radius 2 is 1.88 bits per heavy atom. The summed E-state index contributed by atoms with van der Waals surface area (Å²) in [6, 6.07) is 7.61. The molecule has 1 aromatic rings. The van der Waals surface area contributed by atoms with E-state index in [1.807, 2.05) is 0 Å². The lowest BCUT2D eigenvalue weighted by molar-refractivity contribution is -0.124. The summed E-state index contributed by atoms with van der Waals surface area (Å²) in [4.78, 5) is 25.5. The third-order valence-electron chi connectivity index (χ3n) is 3.98. The number of hydrogen-bond donors (Lipinski definition) is 2. The number of carbonyl (C=O) groups is 2. The predicted molar refractivity (Wildman–Crippen MR) is 87.4 cm³/mol. The first-order valence-electron chi connectivity index (χ1n) is 7.78. The van der Waals surface area contributed by atoms with Crippen LogP contribution in [-0.4, -0.2) is 42.4 Å². The van der Waals surface area contributed by atoms with E-state index < -0.39 is 5.54 Å². The molecule has 0 aliphatic heterocycles. The molecule has 1 aliphatic rings. The monoisotopic (exact) mass is 332 g/mol. The van der Waals surface area contributed by atoms with Crippen molar-refractivity contribution in [2.45, 2.75) is 25.3 Å². The summed E-state index contributed by atoms with van der Waals surface area (Å²) < 4.78 is 12.8. The van der Waals surface area contributed by atoms with Crippen molar-refractivity contribution in [3.63, 3.8) is 0 Å². The molecule has 1 atom stereocenters. The van der Waals surface area contributed by atoms with Crippen LogP contribution in [0, 0.1) is 23.1 Å². The zero-order valence-corrected chi connectivity index (χ0v) is 13.8. The van der Waals surface area contributed by atoms with Gasteiger partial charge in [-0.3, -0.25) is 14.5 Å². The Morgan fingerprint density at radius 1 is 1.29 bits per heavy atom. The van der Waals surface area contributed by atoms with E-state index in [-0.39, 0.29) is 36.6 Å². The molecule has 1 fully saturated rings. The average Bonchev–Trinajstić information content (AvgIpc) is 3.34. The summed E-state index contributed by atoms with van der Waals surface area (Å²) in [5, 5.41) is 14.6. The Kier molecular flexibility index (Phi) is 5.52. The Balaban J connectivity index is 1.78. The van der Waals surface area contributed by atoms with Gasteiger partial charge >= 0.3 is 0 Å². The van der Waals surface area contributed by atoms with Crippen molar-refractivity contribution in [3.05, 3.63) is 30.1 Å². The van der Waals surface area contributed by atoms with Crippen LogP contribution in [0.3, 0.4) is 0 Å². The van der Waals surface area contributed by atoms with Crippen LogP contribution in [-0.2, 0) is 9.59 Å². The second-order valence-electron chi connectivity index (χ2n) is 6.36. The minimum Gasteiger partial charge on any atom is -0.337 e. The molecule has 1 saturated carbocycles. The molecule has 0 saturated heterocycles. The van der Waals surface area contributed by atoms with Crippen molar-refractivity contribution in [2.75, 3.05) is 25.5 Å². The van der Waals surface area contributed by atoms with Gasteiger partial charge in [-0.1, -0.05) is 0 Å². The van der Waals surface area contributed by atoms with Gasteiger partial charge < -0.3 is 10.6 Å². The first-order chi connectivity index (χ1) is 11.3. The highest BCUT2D eigenvalue weighted by molar-refractivity contribution is 5.92.